The molecule has 0 N–H and O–H groups in total. The van der Waals surface area contributed by atoms with E-state index in [4.69, 9.17) is 16.3 Å². The van der Waals surface area contributed by atoms with Gasteiger partial charge in [-0.15, -0.1) is 0 Å². The van der Waals surface area contributed by atoms with Crippen LogP contribution in [0.25, 0.3) is 0 Å². The molecule has 0 amide bonds. The van der Waals surface area contributed by atoms with Crippen LogP contribution in [0.2, 0.25) is 5.02 Å². The summed E-state index contributed by atoms with van der Waals surface area (Å²) in [5.41, 5.74) is 2.14. The summed E-state index contributed by atoms with van der Waals surface area (Å²) < 4.78 is 5.61. The second-order valence-corrected chi connectivity index (χ2v) is 4.00. The minimum Gasteiger partial charge on any atom is -0.489 e. The Labute approximate surface area is 101 Å². The Morgan fingerprint density at radius 3 is 2.19 bits per heavy atom. The van der Waals surface area contributed by atoms with Gasteiger partial charge in [0.1, 0.15) is 12.4 Å². The highest BCUT2D eigenvalue weighted by Gasteiger charge is 1.95. The minimum atomic E-state index is 0.557. The van der Waals surface area contributed by atoms with Gasteiger partial charge in [-0.25, -0.2) is 0 Å². The van der Waals surface area contributed by atoms with Crippen LogP contribution in [0.5, 0.6) is 5.75 Å². The smallest absolute Gasteiger partial charge is 0.119 e. The van der Waals surface area contributed by atoms with E-state index in [1.807, 2.05) is 48.5 Å². The summed E-state index contributed by atoms with van der Waals surface area (Å²) in [6.07, 6.45) is 0. The molecule has 0 bridgehead atoms. The van der Waals surface area contributed by atoms with E-state index < -0.39 is 0 Å². The van der Waals surface area contributed by atoms with Crippen LogP contribution in [0, 0.1) is 6.92 Å². The molecule has 2 aromatic rings. The molecule has 0 atom stereocenters. The highest BCUT2D eigenvalue weighted by atomic mass is 35.5. The van der Waals surface area contributed by atoms with Crippen LogP contribution in [-0.2, 0) is 6.61 Å². The SMILES string of the molecule is [CH2]c1ccc(COc2ccc(Cl)cc2)cc1. The summed E-state index contributed by atoms with van der Waals surface area (Å²) in [5.74, 6) is 0.822. The highest BCUT2D eigenvalue weighted by molar-refractivity contribution is 6.30. The van der Waals surface area contributed by atoms with E-state index in [-0.39, 0.29) is 0 Å². The molecule has 16 heavy (non-hydrogen) atoms. The predicted octanol–water partition coefficient (Wildman–Crippen LogP) is 4.10. The number of benzene rings is 2. The van der Waals surface area contributed by atoms with Crippen LogP contribution in [0.3, 0.4) is 0 Å². The van der Waals surface area contributed by atoms with Gasteiger partial charge in [-0.2, -0.15) is 0 Å². The summed E-state index contributed by atoms with van der Waals surface area (Å²) in [6, 6.07) is 15.3. The molecule has 1 nitrogen and oxygen atoms in total. The van der Waals surface area contributed by atoms with Crippen molar-refractivity contribution in [2.75, 3.05) is 0 Å². The van der Waals surface area contributed by atoms with E-state index >= 15 is 0 Å². The van der Waals surface area contributed by atoms with Crippen LogP contribution in [0.15, 0.2) is 48.5 Å². The molecule has 2 rings (SSSR count). The highest BCUT2D eigenvalue weighted by Crippen LogP contribution is 2.16. The van der Waals surface area contributed by atoms with Crippen molar-refractivity contribution in [1.82, 2.24) is 0 Å². The maximum absolute atomic E-state index is 5.78. The van der Waals surface area contributed by atoms with Crippen LogP contribution in [0.4, 0.5) is 0 Å². The number of hydrogen-bond donors (Lipinski definition) is 0. The maximum Gasteiger partial charge on any atom is 0.119 e. The molecule has 1 radical (unpaired) electrons. The van der Waals surface area contributed by atoms with Gasteiger partial charge in [0.25, 0.3) is 0 Å². The predicted molar refractivity (Wildman–Crippen MR) is 66.7 cm³/mol. The van der Waals surface area contributed by atoms with Crippen LogP contribution in [0.1, 0.15) is 11.1 Å². The molecule has 0 fully saturated rings. The van der Waals surface area contributed by atoms with Crippen molar-refractivity contribution in [2.45, 2.75) is 6.61 Å². The minimum absolute atomic E-state index is 0.557. The zero-order chi connectivity index (χ0) is 11.4. The van der Waals surface area contributed by atoms with Gasteiger partial charge in [-0.3, -0.25) is 0 Å². The van der Waals surface area contributed by atoms with Gasteiger partial charge in [0.05, 0.1) is 0 Å². The Kier molecular flexibility index (Phi) is 3.47. The van der Waals surface area contributed by atoms with Gasteiger partial charge >= 0.3 is 0 Å². The monoisotopic (exact) mass is 231 g/mol. The fourth-order valence-electron chi connectivity index (χ4n) is 1.33. The lowest BCUT2D eigenvalue weighted by Gasteiger charge is -2.06. The topological polar surface area (TPSA) is 9.23 Å². The largest absolute Gasteiger partial charge is 0.489 e. The molecule has 81 valence electrons. The second kappa shape index (κ2) is 5.04. The number of halogens is 1. The van der Waals surface area contributed by atoms with Gasteiger partial charge in [-0.1, -0.05) is 35.9 Å². The van der Waals surface area contributed by atoms with Crippen LogP contribution >= 0.6 is 11.6 Å². The first-order valence-corrected chi connectivity index (χ1v) is 5.41. The molecular weight excluding hydrogens is 220 g/mol. The average molecular weight is 232 g/mol. The zero-order valence-corrected chi connectivity index (χ0v) is 9.58. The summed E-state index contributed by atoms with van der Waals surface area (Å²) in [7, 11) is 0. The maximum atomic E-state index is 5.78. The first-order chi connectivity index (χ1) is 7.74. The molecule has 0 unspecified atom stereocenters. The molecule has 0 spiro atoms. The van der Waals surface area contributed by atoms with Crippen molar-refractivity contribution in [3.05, 3.63) is 71.6 Å². The van der Waals surface area contributed by atoms with Gasteiger partial charge in [0.2, 0.25) is 0 Å². The molecule has 0 heterocycles. The fraction of sp³-hybridized carbons (Fsp3) is 0.0714. The first-order valence-electron chi connectivity index (χ1n) is 5.03. The Morgan fingerprint density at radius 1 is 0.938 bits per heavy atom. The molecule has 0 saturated heterocycles. The molecule has 2 heteroatoms. The standard InChI is InChI=1S/C14H12ClO/c1-11-2-4-12(5-3-11)10-16-14-8-6-13(15)7-9-14/h2-9H,1,10H2. The Morgan fingerprint density at radius 2 is 1.56 bits per heavy atom. The van der Waals surface area contributed by atoms with Crippen molar-refractivity contribution >= 4 is 11.6 Å². The summed E-state index contributed by atoms with van der Waals surface area (Å²) in [4.78, 5) is 0. The second-order valence-electron chi connectivity index (χ2n) is 3.56. The summed E-state index contributed by atoms with van der Waals surface area (Å²) in [6.45, 7) is 4.39. The van der Waals surface area contributed by atoms with Crippen molar-refractivity contribution in [3.8, 4) is 5.75 Å². The third-order valence-electron chi connectivity index (χ3n) is 2.24. The molecule has 2 aromatic carbocycles. The van der Waals surface area contributed by atoms with Crippen molar-refractivity contribution < 1.29 is 4.74 Å². The van der Waals surface area contributed by atoms with Crippen LogP contribution in [-0.4, -0.2) is 0 Å². The van der Waals surface area contributed by atoms with E-state index in [9.17, 15) is 0 Å². The molecule has 0 aromatic heterocycles. The number of rotatable bonds is 3. The number of hydrogen-bond acceptors (Lipinski definition) is 1. The van der Waals surface area contributed by atoms with Gasteiger partial charge < -0.3 is 4.74 Å². The summed E-state index contributed by atoms with van der Waals surface area (Å²) in [5, 5.41) is 0.716. The van der Waals surface area contributed by atoms with Gasteiger partial charge in [0, 0.05) is 5.02 Å². The lowest BCUT2D eigenvalue weighted by atomic mass is 10.2. The lowest BCUT2D eigenvalue weighted by Crippen LogP contribution is -1.94. The van der Waals surface area contributed by atoms with Crippen molar-refractivity contribution in [2.24, 2.45) is 0 Å². The molecule has 0 aliphatic carbocycles. The third kappa shape index (κ3) is 3.01. The van der Waals surface area contributed by atoms with Crippen molar-refractivity contribution in [1.29, 1.82) is 0 Å². The van der Waals surface area contributed by atoms with E-state index in [0.717, 1.165) is 16.9 Å². The van der Waals surface area contributed by atoms with E-state index in [1.54, 1.807) is 0 Å². The normalized spacial score (nSPS) is 10.1. The zero-order valence-electron chi connectivity index (χ0n) is 8.82. The van der Waals surface area contributed by atoms with Crippen molar-refractivity contribution in [3.63, 3.8) is 0 Å². The summed E-state index contributed by atoms with van der Waals surface area (Å²) >= 11 is 5.78. The molecular formula is C14H12ClO. The average Bonchev–Trinajstić information content (AvgIpc) is 2.30. The van der Waals surface area contributed by atoms with Crippen LogP contribution < -0.4 is 4.74 Å². The molecule has 0 aliphatic heterocycles. The van der Waals surface area contributed by atoms with E-state index in [1.165, 1.54) is 0 Å². The Hall–Kier alpha value is -1.47. The van der Waals surface area contributed by atoms with Gasteiger partial charge in [-0.05, 0) is 42.3 Å². The van der Waals surface area contributed by atoms with Gasteiger partial charge in [0.15, 0.2) is 0 Å². The molecule has 0 saturated carbocycles. The van der Waals surface area contributed by atoms with E-state index in [0.29, 0.717) is 11.6 Å². The quantitative estimate of drug-likeness (QED) is 0.773. The Bertz CT molecular complexity index is 400. The number of ether oxygens (including phenoxy) is 1. The molecule has 0 aliphatic rings. The van der Waals surface area contributed by atoms with E-state index in [2.05, 4.69) is 6.92 Å². The Balaban J connectivity index is 1.97. The fourth-order valence-corrected chi connectivity index (χ4v) is 1.46. The lowest BCUT2D eigenvalue weighted by molar-refractivity contribution is 0.306. The first kappa shape index (κ1) is 11.0. The third-order valence-corrected chi connectivity index (χ3v) is 2.49.